The van der Waals surface area contributed by atoms with Crippen LogP contribution in [0.4, 0.5) is 0 Å². The summed E-state index contributed by atoms with van der Waals surface area (Å²) >= 11 is 0. The third-order valence-electron chi connectivity index (χ3n) is 3.40. The Kier molecular flexibility index (Phi) is 3.78. The summed E-state index contributed by atoms with van der Waals surface area (Å²) in [7, 11) is 2.00. The molecule has 0 amide bonds. The number of pyridine rings is 1. The van der Waals surface area contributed by atoms with Crippen LogP contribution in [0.2, 0.25) is 0 Å². The lowest BCUT2D eigenvalue weighted by molar-refractivity contribution is 0.682. The van der Waals surface area contributed by atoms with Crippen LogP contribution in [0, 0.1) is 20.8 Å². The van der Waals surface area contributed by atoms with Gasteiger partial charge in [-0.15, -0.1) is 0 Å². The van der Waals surface area contributed by atoms with Gasteiger partial charge >= 0.3 is 0 Å². The highest BCUT2D eigenvalue weighted by Crippen LogP contribution is 2.26. The smallest absolute Gasteiger partial charge is 0.0580 e. The van der Waals surface area contributed by atoms with E-state index in [4.69, 9.17) is 0 Å². The van der Waals surface area contributed by atoms with E-state index in [2.05, 4.69) is 55.3 Å². The number of nitrogens with zero attached hydrogens (tertiary/aromatic N) is 1. The molecule has 1 aromatic heterocycles. The van der Waals surface area contributed by atoms with Crippen molar-refractivity contribution in [1.82, 2.24) is 10.3 Å². The third-order valence-corrected chi connectivity index (χ3v) is 3.40. The maximum absolute atomic E-state index is 4.16. The zero-order chi connectivity index (χ0) is 13.1. The van der Waals surface area contributed by atoms with Gasteiger partial charge in [0, 0.05) is 12.4 Å². The molecular formula is C16H20N2. The second-order valence-corrected chi connectivity index (χ2v) is 4.81. The van der Waals surface area contributed by atoms with E-state index >= 15 is 0 Å². The lowest BCUT2D eigenvalue weighted by atomic mass is 9.92. The average Bonchev–Trinajstić information content (AvgIpc) is 2.34. The fourth-order valence-electron chi connectivity index (χ4n) is 2.44. The standard InChI is InChI=1S/C16H20N2/c1-11-5-6-14(12(2)9-11)16(17-4)15-7-8-18-10-13(15)3/h5-10,16-17H,1-4H3. The molecule has 1 N–H and O–H groups in total. The summed E-state index contributed by atoms with van der Waals surface area (Å²) in [5.41, 5.74) is 6.47. The van der Waals surface area contributed by atoms with Crippen molar-refractivity contribution in [3.05, 3.63) is 64.5 Å². The van der Waals surface area contributed by atoms with E-state index in [9.17, 15) is 0 Å². The first-order valence-electron chi connectivity index (χ1n) is 6.28. The molecule has 2 nitrogen and oxygen atoms in total. The topological polar surface area (TPSA) is 24.9 Å². The van der Waals surface area contributed by atoms with Crippen LogP contribution in [0.15, 0.2) is 36.7 Å². The van der Waals surface area contributed by atoms with Gasteiger partial charge in [0.2, 0.25) is 0 Å². The van der Waals surface area contributed by atoms with E-state index in [1.54, 1.807) is 0 Å². The Balaban J connectivity index is 2.49. The van der Waals surface area contributed by atoms with E-state index < -0.39 is 0 Å². The highest BCUT2D eigenvalue weighted by Gasteiger charge is 2.15. The number of nitrogens with one attached hydrogen (secondary N) is 1. The fraction of sp³-hybridized carbons (Fsp3) is 0.312. The molecule has 2 heteroatoms. The van der Waals surface area contributed by atoms with Gasteiger partial charge in [-0.05, 0) is 56.1 Å². The summed E-state index contributed by atoms with van der Waals surface area (Å²) < 4.78 is 0. The maximum atomic E-state index is 4.16. The SMILES string of the molecule is CNC(c1ccncc1C)c1ccc(C)cc1C. The molecule has 2 rings (SSSR count). The van der Waals surface area contributed by atoms with E-state index in [-0.39, 0.29) is 6.04 Å². The summed E-state index contributed by atoms with van der Waals surface area (Å²) in [5.74, 6) is 0. The summed E-state index contributed by atoms with van der Waals surface area (Å²) in [5, 5.41) is 3.41. The molecule has 0 bridgehead atoms. The van der Waals surface area contributed by atoms with Gasteiger partial charge in [0.15, 0.2) is 0 Å². The van der Waals surface area contributed by atoms with Crippen LogP contribution in [0.3, 0.4) is 0 Å². The van der Waals surface area contributed by atoms with Crippen molar-refractivity contribution in [3.63, 3.8) is 0 Å². The lowest BCUT2D eigenvalue weighted by Crippen LogP contribution is -2.19. The molecule has 0 aliphatic heterocycles. The van der Waals surface area contributed by atoms with Crippen LogP contribution in [-0.2, 0) is 0 Å². The molecule has 0 aliphatic rings. The van der Waals surface area contributed by atoms with Crippen molar-refractivity contribution >= 4 is 0 Å². The van der Waals surface area contributed by atoms with Crippen LogP contribution >= 0.6 is 0 Å². The average molecular weight is 240 g/mol. The normalized spacial score (nSPS) is 12.4. The second kappa shape index (κ2) is 5.32. The maximum Gasteiger partial charge on any atom is 0.0580 e. The predicted octanol–water partition coefficient (Wildman–Crippen LogP) is 3.32. The molecule has 0 aliphatic carbocycles. The van der Waals surface area contributed by atoms with Crippen molar-refractivity contribution in [2.75, 3.05) is 7.05 Å². The van der Waals surface area contributed by atoms with Crippen LogP contribution in [-0.4, -0.2) is 12.0 Å². The third kappa shape index (κ3) is 2.44. The molecule has 0 radical (unpaired) electrons. The first kappa shape index (κ1) is 12.8. The number of rotatable bonds is 3. The Bertz CT molecular complexity index is 547. The Morgan fingerprint density at radius 1 is 1.00 bits per heavy atom. The predicted molar refractivity (Wildman–Crippen MR) is 75.8 cm³/mol. The first-order valence-corrected chi connectivity index (χ1v) is 6.28. The quantitative estimate of drug-likeness (QED) is 0.890. The highest BCUT2D eigenvalue weighted by molar-refractivity contribution is 5.40. The van der Waals surface area contributed by atoms with Crippen molar-refractivity contribution in [2.24, 2.45) is 0 Å². The molecule has 0 saturated carbocycles. The Morgan fingerprint density at radius 2 is 1.72 bits per heavy atom. The molecule has 0 fully saturated rings. The summed E-state index contributed by atoms with van der Waals surface area (Å²) in [6.45, 7) is 6.41. The summed E-state index contributed by atoms with van der Waals surface area (Å²) in [4.78, 5) is 4.16. The largest absolute Gasteiger partial charge is 0.309 e. The number of hydrogen-bond acceptors (Lipinski definition) is 2. The monoisotopic (exact) mass is 240 g/mol. The molecular weight excluding hydrogens is 220 g/mol. The summed E-state index contributed by atoms with van der Waals surface area (Å²) in [6, 6.07) is 8.94. The number of hydrogen-bond donors (Lipinski definition) is 1. The van der Waals surface area contributed by atoms with Crippen molar-refractivity contribution in [3.8, 4) is 0 Å². The molecule has 18 heavy (non-hydrogen) atoms. The Labute approximate surface area is 109 Å². The van der Waals surface area contributed by atoms with Crippen LogP contribution < -0.4 is 5.32 Å². The Morgan fingerprint density at radius 3 is 2.33 bits per heavy atom. The number of benzene rings is 1. The molecule has 94 valence electrons. The second-order valence-electron chi connectivity index (χ2n) is 4.81. The van der Waals surface area contributed by atoms with Crippen molar-refractivity contribution < 1.29 is 0 Å². The van der Waals surface area contributed by atoms with Crippen molar-refractivity contribution in [1.29, 1.82) is 0 Å². The molecule has 0 spiro atoms. The van der Waals surface area contributed by atoms with Crippen LogP contribution in [0.5, 0.6) is 0 Å². The minimum atomic E-state index is 0.230. The zero-order valence-corrected chi connectivity index (χ0v) is 11.5. The summed E-state index contributed by atoms with van der Waals surface area (Å²) in [6.07, 6.45) is 3.78. The number of aryl methyl sites for hydroxylation is 3. The van der Waals surface area contributed by atoms with Gasteiger partial charge in [-0.1, -0.05) is 23.8 Å². The molecule has 2 aromatic rings. The van der Waals surface area contributed by atoms with Crippen LogP contribution in [0.25, 0.3) is 0 Å². The first-order chi connectivity index (χ1) is 8.63. The van der Waals surface area contributed by atoms with Crippen LogP contribution in [0.1, 0.15) is 33.9 Å². The van der Waals surface area contributed by atoms with Gasteiger partial charge in [-0.2, -0.15) is 0 Å². The minimum Gasteiger partial charge on any atom is -0.309 e. The van der Waals surface area contributed by atoms with Gasteiger partial charge in [0.1, 0.15) is 0 Å². The molecule has 1 atom stereocenters. The molecule has 1 aromatic carbocycles. The van der Waals surface area contributed by atoms with E-state index in [0.29, 0.717) is 0 Å². The van der Waals surface area contributed by atoms with Crippen molar-refractivity contribution in [2.45, 2.75) is 26.8 Å². The molecule has 1 unspecified atom stereocenters. The molecule has 0 saturated heterocycles. The highest BCUT2D eigenvalue weighted by atomic mass is 14.9. The van der Waals surface area contributed by atoms with E-state index in [1.807, 2.05) is 19.4 Å². The molecule has 1 heterocycles. The lowest BCUT2D eigenvalue weighted by Gasteiger charge is -2.21. The van der Waals surface area contributed by atoms with Gasteiger partial charge in [-0.3, -0.25) is 4.98 Å². The fourth-order valence-corrected chi connectivity index (χ4v) is 2.44. The zero-order valence-electron chi connectivity index (χ0n) is 11.5. The van der Waals surface area contributed by atoms with Gasteiger partial charge < -0.3 is 5.32 Å². The number of aromatic nitrogens is 1. The van der Waals surface area contributed by atoms with Gasteiger partial charge in [0.05, 0.1) is 6.04 Å². The van der Waals surface area contributed by atoms with E-state index in [1.165, 1.54) is 27.8 Å². The Hall–Kier alpha value is -1.67. The van der Waals surface area contributed by atoms with Gasteiger partial charge in [0.25, 0.3) is 0 Å². The van der Waals surface area contributed by atoms with E-state index in [0.717, 1.165) is 0 Å². The minimum absolute atomic E-state index is 0.230. The van der Waals surface area contributed by atoms with Gasteiger partial charge in [-0.25, -0.2) is 0 Å².